The Kier molecular flexibility index (Phi) is 6.44. The summed E-state index contributed by atoms with van der Waals surface area (Å²) in [6, 6.07) is 14.1. The smallest absolute Gasteiger partial charge is 0.319 e. The Labute approximate surface area is 220 Å². The van der Waals surface area contributed by atoms with E-state index >= 15 is 0 Å². The summed E-state index contributed by atoms with van der Waals surface area (Å²) in [6.07, 6.45) is 4.14. The van der Waals surface area contributed by atoms with Crippen LogP contribution in [0.25, 0.3) is 11.1 Å². The monoisotopic (exact) mass is 511 g/mol. The molecule has 3 N–H and O–H groups in total. The summed E-state index contributed by atoms with van der Waals surface area (Å²) in [5.74, 6) is -1.03. The summed E-state index contributed by atoms with van der Waals surface area (Å²) in [5.41, 5.74) is 5.21. The van der Waals surface area contributed by atoms with Gasteiger partial charge in [-0.3, -0.25) is 24.7 Å². The van der Waals surface area contributed by atoms with Gasteiger partial charge in [-0.15, -0.1) is 0 Å². The molecule has 5 amide bonds. The first-order valence-electron chi connectivity index (χ1n) is 12.5. The molecule has 0 saturated carbocycles. The number of hydrogen-bond donors (Lipinski definition) is 3. The highest BCUT2D eigenvalue weighted by atomic mass is 16.2. The van der Waals surface area contributed by atoms with Crippen LogP contribution in [-0.2, 0) is 21.7 Å². The third-order valence-electron chi connectivity index (χ3n) is 7.02. The average molecular weight is 512 g/mol. The Bertz CT molecular complexity index is 1450. The van der Waals surface area contributed by atoms with Crippen molar-refractivity contribution in [1.29, 1.82) is 0 Å². The number of benzene rings is 2. The van der Waals surface area contributed by atoms with Gasteiger partial charge in [-0.1, -0.05) is 24.3 Å². The number of hydrogen-bond acceptors (Lipinski definition) is 5. The van der Waals surface area contributed by atoms with Crippen LogP contribution in [0, 0.1) is 6.92 Å². The zero-order valence-electron chi connectivity index (χ0n) is 21.5. The number of fused-ring (bicyclic) bond motifs is 1. The van der Waals surface area contributed by atoms with Crippen LogP contribution < -0.4 is 16.0 Å². The van der Waals surface area contributed by atoms with E-state index in [1.165, 1.54) is 4.90 Å². The van der Waals surface area contributed by atoms with E-state index < -0.39 is 17.5 Å². The number of nitrogens with zero attached hydrogens (tertiary/aromatic N) is 2. The average Bonchev–Trinajstić information content (AvgIpc) is 3.19. The summed E-state index contributed by atoms with van der Waals surface area (Å²) in [6.45, 7) is 6.10. The van der Waals surface area contributed by atoms with Crippen LogP contribution in [-0.4, -0.2) is 39.7 Å². The van der Waals surface area contributed by atoms with Gasteiger partial charge in [-0.05, 0) is 73.7 Å². The summed E-state index contributed by atoms with van der Waals surface area (Å²) in [5, 5.41) is 8.16. The fourth-order valence-corrected chi connectivity index (χ4v) is 4.96. The van der Waals surface area contributed by atoms with Crippen LogP contribution in [0.1, 0.15) is 53.7 Å². The highest BCUT2D eigenvalue weighted by Gasteiger charge is 2.39. The first kappa shape index (κ1) is 25.1. The lowest BCUT2D eigenvalue weighted by Gasteiger charge is -2.29. The summed E-state index contributed by atoms with van der Waals surface area (Å²) >= 11 is 0. The van der Waals surface area contributed by atoms with E-state index in [0.717, 1.165) is 27.8 Å². The van der Waals surface area contributed by atoms with Crippen LogP contribution >= 0.6 is 0 Å². The molecule has 1 aromatic heterocycles. The quantitative estimate of drug-likeness (QED) is 0.449. The second-order valence-corrected chi connectivity index (χ2v) is 10.3. The molecule has 1 atom stereocenters. The Hall–Kier alpha value is -4.53. The molecule has 0 aliphatic carbocycles. The zero-order chi connectivity index (χ0) is 27.0. The van der Waals surface area contributed by atoms with Gasteiger partial charge in [0, 0.05) is 42.2 Å². The van der Waals surface area contributed by atoms with Crippen LogP contribution in [0.15, 0.2) is 60.9 Å². The first-order chi connectivity index (χ1) is 18.1. The number of carbonyl (C=O) groups excluding carboxylic acids is 4. The molecule has 1 fully saturated rings. The van der Waals surface area contributed by atoms with E-state index in [2.05, 4.69) is 27.0 Å². The molecule has 3 heterocycles. The second kappa shape index (κ2) is 9.74. The molecule has 38 heavy (non-hydrogen) atoms. The van der Waals surface area contributed by atoms with Gasteiger partial charge in [0.25, 0.3) is 5.91 Å². The predicted octanol–water partition coefficient (Wildman–Crippen LogP) is 3.87. The van der Waals surface area contributed by atoms with E-state index in [1.807, 2.05) is 57.4 Å². The van der Waals surface area contributed by atoms with Crippen molar-refractivity contribution in [2.45, 2.75) is 51.7 Å². The van der Waals surface area contributed by atoms with Crippen molar-refractivity contribution in [2.75, 3.05) is 5.32 Å². The molecule has 0 spiro atoms. The number of rotatable bonds is 5. The molecular formula is C29H29N5O4. The van der Waals surface area contributed by atoms with Crippen LogP contribution in [0.5, 0.6) is 0 Å². The van der Waals surface area contributed by atoms with Gasteiger partial charge in [-0.25, -0.2) is 4.79 Å². The topological polar surface area (TPSA) is 120 Å². The number of anilines is 1. The fourth-order valence-electron chi connectivity index (χ4n) is 4.96. The Morgan fingerprint density at radius 3 is 2.50 bits per heavy atom. The largest absolute Gasteiger partial charge is 0.329 e. The van der Waals surface area contributed by atoms with E-state index in [9.17, 15) is 19.2 Å². The number of piperidine rings is 1. The second-order valence-electron chi connectivity index (χ2n) is 10.3. The minimum absolute atomic E-state index is 0.200. The first-order valence-corrected chi connectivity index (χ1v) is 12.5. The number of amides is 5. The Morgan fingerprint density at radius 2 is 1.79 bits per heavy atom. The number of urea groups is 1. The minimum atomic E-state index is -0.679. The molecule has 2 aliphatic heterocycles. The van der Waals surface area contributed by atoms with Gasteiger partial charge in [0.2, 0.25) is 11.8 Å². The van der Waals surface area contributed by atoms with Gasteiger partial charge in [-0.2, -0.15) is 0 Å². The van der Waals surface area contributed by atoms with Crippen LogP contribution in [0.2, 0.25) is 0 Å². The summed E-state index contributed by atoms with van der Waals surface area (Å²) in [7, 11) is 0. The van der Waals surface area contributed by atoms with Gasteiger partial charge in [0.1, 0.15) is 6.04 Å². The van der Waals surface area contributed by atoms with Gasteiger partial charge >= 0.3 is 6.03 Å². The van der Waals surface area contributed by atoms with Crippen LogP contribution in [0.4, 0.5) is 10.5 Å². The van der Waals surface area contributed by atoms with Gasteiger partial charge < -0.3 is 15.5 Å². The molecule has 3 aromatic rings. The molecule has 9 nitrogen and oxygen atoms in total. The molecule has 5 rings (SSSR count). The normalized spacial score (nSPS) is 17.2. The fraction of sp³-hybridized carbons (Fsp3) is 0.276. The molecule has 9 heteroatoms. The van der Waals surface area contributed by atoms with Crippen LogP contribution in [0.3, 0.4) is 0 Å². The molecule has 2 aliphatic rings. The highest BCUT2D eigenvalue weighted by molar-refractivity contribution is 6.05. The molecular weight excluding hydrogens is 482 g/mol. The predicted molar refractivity (Wildman–Crippen MR) is 142 cm³/mol. The van der Waals surface area contributed by atoms with Crippen molar-refractivity contribution in [1.82, 2.24) is 20.5 Å². The number of nitrogens with one attached hydrogen (secondary N) is 3. The van der Waals surface area contributed by atoms with Crippen molar-refractivity contribution in [3.63, 3.8) is 0 Å². The van der Waals surface area contributed by atoms with Crippen molar-refractivity contribution < 1.29 is 19.2 Å². The maximum atomic E-state index is 12.9. The number of imide groups is 1. The number of carbonyl (C=O) groups is 4. The Balaban J connectivity index is 1.24. The summed E-state index contributed by atoms with van der Waals surface area (Å²) < 4.78 is 0. The molecule has 1 saturated heterocycles. The van der Waals surface area contributed by atoms with Crippen molar-refractivity contribution in [3.8, 4) is 11.1 Å². The Morgan fingerprint density at radius 1 is 1.03 bits per heavy atom. The number of pyridine rings is 1. The summed E-state index contributed by atoms with van der Waals surface area (Å²) in [4.78, 5) is 55.2. The minimum Gasteiger partial charge on any atom is -0.329 e. The molecule has 1 unspecified atom stereocenters. The highest BCUT2D eigenvalue weighted by Crippen LogP contribution is 2.30. The third kappa shape index (κ3) is 5.00. The maximum absolute atomic E-state index is 12.9. The van der Waals surface area contributed by atoms with E-state index in [-0.39, 0.29) is 30.8 Å². The van der Waals surface area contributed by atoms with Gasteiger partial charge in [0.15, 0.2) is 0 Å². The lowest BCUT2D eigenvalue weighted by molar-refractivity contribution is -0.136. The number of aromatic nitrogens is 1. The van der Waals surface area contributed by atoms with E-state index in [4.69, 9.17) is 0 Å². The number of aryl methyl sites for hydroxylation is 1. The molecule has 194 valence electrons. The lowest BCUT2D eigenvalue weighted by Crippen LogP contribution is -2.52. The third-order valence-corrected chi connectivity index (χ3v) is 7.02. The molecule has 2 aromatic carbocycles. The van der Waals surface area contributed by atoms with Crippen molar-refractivity contribution in [2.24, 2.45) is 0 Å². The van der Waals surface area contributed by atoms with E-state index in [0.29, 0.717) is 17.7 Å². The zero-order valence-corrected chi connectivity index (χ0v) is 21.5. The standard InChI is InChI=1S/C29H29N5O4/c1-17-12-19(15-30-14-17)18-4-6-21(7-5-18)29(2,3)33-28(38)31-22-8-9-23-20(13-22)16-34(27(23)37)24-10-11-25(35)32-26(24)36/h4-9,12-15,24H,10-11,16H2,1-3H3,(H2,31,33,38)(H,32,35,36). The van der Waals surface area contributed by atoms with E-state index in [1.54, 1.807) is 18.2 Å². The van der Waals surface area contributed by atoms with Gasteiger partial charge in [0.05, 0.1) is 5.54 Å². The SMILES string of the molecule is Cc1cncc(-c2ccc(C(C)(C)NC(=O)Nc3ccc4c(c3)CN(C3CCC(=O)NC3=O)C4=O)cc2)c1. The molecule has 0 bridgehead atoms. The molecule has 0 radical (unpaired) electrons. The van der Waals surface area contributed by atoms with Crippen molar-refractivity contribution in [3.05, 3.63) is 83.2 Å². The maximum Gasteiger partial charge on any atom is 0.319 e. The van der Waals surface area contributed by atoms with Crippen molar-refractivity contribution >= 4 is 29.4 Å². The lowest BCUT2D eigenvalue weighted by atomic mass is 9.92.